The molecule has 0 aromatic rings. The summed E-state index contributed by atoms with van der Waals surface area (Å²) in [4.78, 5) is 80.6. The first-order chi connectivity index (χ1) is 17.3. The van der Waals surface area contributed by atoms with Crippen LogP contribution in [-0.4, -0.2) is 115 Å². The van der Waals surface area contributed by atoms with Gasteiger partial charge in [0.2, 0.25) is 35.4 Å². The lowest BCUT2D eigenvalue weighted by atomic mass is 10.5. The smallest absolute Gasteiger partial charge is 0.300 e. The summed E-state index contributed by atoms with van der Waals surface area (Å²) in [6, 6.07) is 0. The number of methoxy groups -OCH3 is 1. The molecule has 0 fully saturated rings. The highest BCUT2D eigenvalue weighted by molar-refractivity contribution is 5.92. The van der Waals surface area contributed by atoms with Gasteiger partial charge in [0.05, 0.1) is 7.11 Å². The minimum atomic E-state index is -0.833. The molecule has 0 heterocycles. The molecule has 0 aliphatic heterocycles. The molecule has 0 atom stereocenters. The number of hydrogen-bond donors (Lipinski definition) is 3. The molecule has 0 saturated heterocycles. The van der Waals surface area contributed by atoms with E-state index in [-0.39, 0.29) is 67.1 Å². The van der Waals surface area contributed by atoms with Gasteiger partial charge in [-0.05, 0) is 0 Å². The number of aliphatic carboxylic acids is 1. The van der Waals surface area contributed by atoms with Gasteiger partial charge in [-0.2, -0.15) is 0 Å². The average molecular weight is 610 g/mol. The fraction of sp³-hybridized carbons (Fsp3) is 0.692. The number of nitrogens with one attached hydrogen (secondary N) is 2. The Morgan fingerprint density at radius 2 is 0.690 bits per heavy atom. The van der Waals surface area contributed by atoms with E-state index in [0.29, 0.717) is 6.47 Å². The van der Waals surface area contributed by atoms with Crippen LogP contribution in [0.2, 0.25) is 0 Å². The number of carboxylic acids is 1. The first-order valence-electron chi connectivity index (χ1n) is 11.3. The number of imide groups is 2. The molecule has 0 aliphatic carbocycles. The van der Waals surface area contributed by atoms with Crippen LogP contribution in [0.5, 0.6) is 0 Å². The van der Waals surface area contributed by atoms with Gasteiger partial charge in [-0.15, -0.1) is 0 Å². The van der Waals surface area contributed by atoms with E-state index in [2.05, 4.69) is 15.4 Å². The van der Waals surface area contributed by atoms with Crippen LogP contribution >= 0.6 is 0 Å². The maximum atomic E-state index is 10.3. The molecule has 0 aliphatic rings. The van der Waals surface area contributed by atoms with Crippen molar-refractivity contribution in [2.24, 2.45) is 0 Å². The molecule has 0 saturated carbocycles. The summed E-state index contributed by atoms with van der Waals surface area (Å²) >= 11 is 0. The molecule has 250 valence electrons. The highest BCUT2D eigenvalue weighted by Crippen LogP contribution is 1.82. The van der Waals surface area contributed by atoms with E-state index in [1.807, 2.05) is 27.7 Å². The van der Waals surface area contributed by atoms with Crippen molar-refractivity contribution in [1.82, 2.24) is 20.4 Å². The number of ether oxygens (including phenoxy) is 1. The second-order valence-electron chi connectivity index (χ2n) is 5.66. The highest BCUT2D eigenvalue weighted by atomic mass is 16.5. The molecule has 0 bridgehead atoms. The quantitative estimate of drug-likeness (QED) is 0.292. The predicted octanol–water partition coefficient (Wildman–Crippen LogP) is 1.97. The number of hydrogen-bond acceptors (Lipinski definition) is 9. The number of carbonyl (C=O) groups is 8. The van der Waals surface area contributed by atoms with Gasteiger partial charge in [-0.1, -0.05) is 42.5 Å². The standard InChI is InChI=1S/2C5H9NO2.2C3H7NO.2C2H4O2.2C2H6.2CH4.2B/c2*1-4(7)6(3)5(2)8;2*1-3(5)4-2;1-4-2-3;1-2(3)4;2*1-2;;;;/h2*1-3H3;2*1-2H3,(H,4,5);2H,1H3;1H3,(H,3,4);2*1-2H3;2*1H4;;. The van der Waals surface area contributed by atoms with Crippen LogP contribution in [0, 0.1) is 0 Å². The van der Waals surface area contributed by atoms with Gasteiger partial charge in [0.25, 0.3) is 12.4 Å². The monoisotopic (exact) mass is 610 g/mol. The molecule has 0 aromatic heterocycles. The summed E-state index contributed by atoms with van der Waals surface area (Å²) in [6.07, 6.45) is 0. The van der Waals surface area contributed by atoms with E-state index in [0.717, 1.165) is 16.7 Å². The Labute approximate surface area is 259 Å². The van der Waals surface area contributed by atoms with Crippen LogP contribution in [0.3, 0.4) is 0 Å². The van der Waals surface area contributed by atoms with E-state index in [1.165, 1.54) is 62.7 Å². The Bertz CT molecular complexity index is 577. The zero-order chi connectivity index (χ0) is 33.0. The second kappa shape index (κ2) is 65.9. The largest absolute Gasteiger partial charge is 0.481 e. The molecule has 42 heavy (non-hydrogen) atoms. The molecule has 0 unspecified atom stereocenters. The minimum Gasteiger partial charge on any atom is -0.481 e. The Hall–Kier alpha value is -3.71. The summed E-state index contributed by atoms with van der Waals surface area (Å²) < 4.78 is 3.86. The van der Waals surface area contributed by atoms with E-state index < -0.39 is 5.97 Å². The predicted molar refractivity (Wildman–Crippen MR) is 172 cm³/mol. The van der Waals surface area contributed by atoms with Gasteiger partial charge in [-0.25, -0.2) is 0 Å². The van der Waals surface area contributed by atoms with E-state index in [9.17, 15) is 28.8 Å². The zero-order valence-electron chi connectivity index (χ0n) is 27.2. The fourth-order valence-corrected chi connectivity index (χ4v) is 0.443. The van der Waals surface area contributed by atoms with Gasteiger partial charge in [0.15, 0.2) is 0 Å². The number of carbonyl (C=O) groups excluding carboxylic acids is 7. The van der Waals surface area contributed by atoms with Crippen molar-refractivity contribution < 1.29 is 48.2 Å². The normalized spacial score (nSPS) is 6.19. The minimum absolute atomic E-state index is 0. The van der Waals surface area contributed by atoms with Crippen LogP contribution in [0.4, 0.5) is 0 Å². The lowest BCUT2D eigenvalue weighted by Crippen LogP contribution is -2.28. The van der Waals surface area contributed by atoms with Gasteiger partial charge in [-0.3, -0.25) is 48.2 Å². The fourth-order valence-electron chi connectivity index (χ4n) is 0.443. The molecule has 0 aromatic carbocycles. The van der Waals surface area contributed by atoms with Gasteiger partial charge in [0, 0.05) is 93.5 Å². The molecule has 16 heteroatoms. The third-order valence-electron chi connectivity index (χ3n) is 2.69. The number of carboxylic acid groups (broad SMARTS) is 1. The molecule has 0 rings (SSSR count). The molecule has 6 radical (unpaired) electrons. The van der Waals surface area contributed by atoms with Crippen LogP contribution in [-0.2, 0) is 43.1 Å². The van der Waals surface area contributed by atoms with Crippen LogP contribution in [0.15, 0.2) is 0 Å². The van der Waals surface area contributed by atoms with Crippen LogP contribution in [0.25, 0.3) is 0 Å². The van der Waals surface area contributed by atoms with Crippen LogP contribution in [0.1, 0.15) is 91.0 Å². The molecule has 6 amide bonds. The topological polar surface area (TPSA) is 197 Å². The molecular formula is C26H60B2N4O10. The summed E-state index contributed by atoms with van der Waals surface area (Å²) in [5, 5.41) is 12.2. The summed E-state index contributed by atoms with van der Waals surface area (Å²) in [7, 11) is 7.41. The zero-order valence-corrected chi connectivity index (χ0v) is 27.2. The van der Waals surface area contributed by atoms with Gasteiger partial charge < -0.3 is 20.5 Å². The van der Waals surface area contributed by atoms with Crippen molar-refractivity contribution >= 4 is 64.7 Å². The highest BCUT2D eigenvalue weighted by Gasteiger charge is 2.04. The summed E-state index contributed by atoms with van der Waals surface area (Å²) in [6.45, 7) is 17.8. The first kappa shape index (κ1) is 77.0. The molecule has 0 spiro atoms. The van der Waals surface area contributed by atoms with Crippen molar-refractivity contribution in [1.29, 1.82) is 0 Å². The van der Waals surface area contributed by atoms with Crippen molar-refractivity contribution in [2.75, 3.05) is 35.3 Å². The van der Waals surface area contributed by atoms with Crippen molar-refractivity contribution in [3.8, 4) is 0 Å². The molecule has 14 nitrogen and oxygen atoms in total. The Morgan fingerprint density at radius 3 is 0.690 bits per heavy atom. The molecular weight excluding hydrogens is 550 g/mol. The number of nitrogens with zero attached hydrogens (tertiary/aromatic N) is 2. The second-order valence-corrected chi connectivity index (χ2v) is 5.66. The third kappa shape index (κ3) is 151. The number of rotatable bonds is 1. The SMILES string of the molecule is C.C.CC.CC.CC(=O)N(C)C(C)=O.CC(=O)N(C)C(C)=O.CC(=O)O.CNC(C)=O.CNC(C)=O.COC=O.[B].[B]. The van der Waals surface area contributed by atoms with Crippen molar-refractivity contribution in [3.63, 3.8) is 0 Å². The van der Waals surface area contributed by atoms with Crippen LogP contribution < -0.4 is 10.6 Å². The number of amides is 6. The Balaban J connectivity index is -0.0000000251. The lowest BCUT2D eigenvalue weighted by Gasteiger charge is -2.07. The maximum Gasteiger partial charge on any atom is 0.300 e. The summed E-state index contributed by atoms with van der Waals surface area (Å²) in [5.74, 6) is -1.72. The maximum absolute atomic E-state index is 10.3. The lowest BCUT2D eigenvalue weighted by molar-refractivity contribution is -0.141. The van der Waals surface area contributed by atoms with Crippen molar-refractivity contribution in [3.05, 3.63) is 0 Å². The molecule has 3 N–H and O–H groups in total. The van der Waals surface area contributed by atoms with E-state index >= 15 is 0 Å². The van der Waals surface area contributed by atoms with Crippen molar-refractivity contribution in [2.45, 2.75) is 91.0 Å². The van der Waals surface area contributed by atoms with Gasteiger partial charge >= 0.3 is 0 Å². The van der Waals surface area contributed by atoms with Gasteiger partial charge in [0.1, 0.15) is 0 Å². The van der Waals surface area contributed by atoms with E-state index in [4.69, 9.17) is 14.7 Å². The average Bonchev–Trinajstić information content (AvgIpc) is 2.85. The third-order valence-corrected chi connectivity index (χ3v) is 2.69. The first-order valence-corrected chi connectivity index (χ1v) is 11.3. The Kier molecular flexibility index (Phi) is 121. The van der Waals surface area contributed by atoms with E-state index in [1.54, 1.807) is 14.1 Å². The summed E-state index contributed by atoms with van der Waals surface area (Å²) in [5.41, 5.74) is 0. The Morgan fingerprint density at radius 1 is 0.595 bits per heavy atom.